The number of carbonyl (C=O) groups excluding carboxylic acids is 1. The number of aryl methyl sites for hydroxylation is 1. The largest absolute Gasteiger partial charge is 0.519 e. The second-order valence-electron chi connectivity index (χ2n) is 12.7. The zero-order valence-corrected chi connectivity index (χ0v) is 30.2. The highest BCUT2D eigenvalue weighted by Crippen LogP contribution is 2.47. The van der Waals surface area contributed by atoms with Gasteiger partial charge in [-0.3, -0.25) is 14.5 Å². The van der Waals surface area contributed by atoms with E-state index in [1.165, 1.54) is 50.5 Å². The summed E-state index contributed by atoms with van der Waals surface area (Å²) >= 11 is 1.34. The highest BCUT2D eigenvalue weighted by Gasteiger charge is 2.34. The maximum Gasteiger partial charge on any atom is 0.519 e. The van der Waals surface area contributed by atoms with Crippen LogP contribution in [0.4, 0.5) is 20.2 Å². The van der Waals surface area contributed by atoms with Gasteiger partial charge >= 0.3 is 5.82 Å². The number of rotatable bonds is 9. The van der Waals surface area contributed by atoms with Gasteiger partial charge in [-0.05, 0) is 44.2 Å². The molecule has 2 aliphatic rings. The Kier molecular flexibility index (Phi) is 8.97. The number of methoxy groups -OCH3 is 2. The first-order chi connectivity index (χ1) is 26.0. The van der Waals surface area contributed by atoms with Gasteiger partial charge in [0.1, 0.15) is 23.5 Å². The summed E-state index contributed by atoms with van der Waals surface area (Å²) in [6.07, 6.45) is 1.27. The number of amides is 1. The first-order valence-electron chi connectivity index (χ1n) is 16.8. The Hall–Kier alpha value is -5.94. The van der Waals surface area contributed by atoms with Crippen LogP contribution in [0.3, 0.4) is 0 Å². The van der Waals surface area contributed by atoms with Gasteiger partial charge in [-0.1, -0.05) is 11.8 Å². The van der Waals surface area contributed by atoms with Crippen molar-refractivity contribution in [2.45, 2.75) is 30.8 Å². The molecule has 3 aromatic carbocycles. The molecule has 1 unspecified atom stereocenters. The molecule has 14 nitrogen and oxygen atoms in total. The molecule has 0 radical (unpaired) electrons. The maximum absolute atomic E-state index is 15.8. The van der Waals surface area contributed by atoms with E-state index in [1.807, 2.05) is 16.4 Å². The monoisotopic (exact) mass is 758 g/mol. The number of ether oxygens (including phenoxy) is 3. The number of piperazine rings is 1. The van der Waals surface area contributed by atoms with Crippen LogP contribution >= 0.6 is 11.8 Å². The number of fused-ring (bicyclic) bond motifs is 4. The van der Waals surface area contributed by atoms with Crippen LogP contribution in [-0.2, 0) is 6.54 Å². The number of nitrogens with zero attached hydrogens (tertiary/aromatic N) is 5. The van der Waals surface area contributed by atoms with Crippen LogP contribution < -0.4 is 35.7 Å². The molecule has 2 aliphatic heterocycles. The molecule has 1 fully saturated rings. The van der Waals surface area contributed by atoms with Crippen LogP contribution in [0.25, 0.3) is 21.8 Å². The van der Waals surface area contributed by atoms with Crippen LogP contribution in [0.5, 0.6) is 23.1 Å². The summed E-state index contributed by atoms with van der Waals surface area (Å²) < 4.78 is 59.6. The molecule has 1 saturated heterocycles. The minimum absolute atomic E-state index is 0.0580. The molecule has 6 aromatic rings. The number of halogens is 2. The highest BCUT2D eigenvalue weighted by molar-refractivity contribution is 8.00. The number of anilines is 2. The standard InChI is InChI=1S/C37H32F2N6O8S/c1-18-31(53-37(48)51-18)16-43-7-9-44(10-8-43)27-15-26-22(12-23(27)38)33(46)32(36-45(26)19(2)54-36)34(47)42-20-5-6-28(24(39)11-20)52-35-21-13-29(49-3)30(50-4)14-25(21)40-17-41-35/h5-6,11-15,17,19H,7-10,16H2,1-4H3,(H,42,47). The smallest absolute Gasteiger partial charge is 0.493 e. The number of hydrogen-bond donors (Lipinski definition) is 1. The van der Waals surface area contributed by atoms with Gasteiger partial charge in [0.15, 0.2) is 28.8 Å². The second-order valence-corrected chi connectivity index (χ2v) is 14.0. The molecule has 5 heterocycles. The zero-order valence-electron chi connectivity index (χ0n) is 29.4. The summed E-state index contributed by atoms with van der Waals surface area (Å²) in [6, 6.07) is 9.93. The van der Waals surface area contributed by atoms with E-state index in [-0.39, 0.29) is 33.6 Å². The van der Waals surface area contributed by atoms with E-state index in [0.29, 0.717) is 82.9 Å². The number of nitrogens with one attached hydrogen (secondary N) is 1. The quantitative estimate of drug-likeness (QED) is 0.181. The van der Waals surface area contributed by atoms with Gasteiger partial charge in [-0.15, -0.1) is 0 Å². The van der Waals surface area contributed by atoms with Gasteiger partial charge in [0, 0.05) is 49.4 Å². The summed E-state index contributed by atoms with van der Waals surface area (Å²) in [5.74, 6) is -1.25. The van der Waals surface area contributed by atoms with E-state index in [2.05, 4.69) is 20.2 Å². The van der Waals surface area contributed by atoms with Gasteiger partial charge in [0.25, 0.3) is 5.91 Å². The molecule has 1 atom stereocenters. The van der Waals surface area contributed by atoms with Crippen LogP contribution in [0.1, 0.15) is 34.2 Å². The lowest BCUT2D eigenvalue weighted by atomic mass is 10.1. The van der Waals surface area contributed by atoms with Crippen LogP contribution in [-0.4, -0.2) is 65.7 Å². The van der Waals surface area contributed by atoms with Crippen molar-refractivity contribution in [3.05, 3.63) is 98.4 Å². The number of benzene rings is 3. The maximum atomic E-state index is 15.8. The third-order valence-corrected chi connectivity index (χ3v) is 10.7. The van der Waals surface area contributed by atoms with E-state index < -0.39 is 28.8 Å². The van der Waals surface area contributed by atoms with Gasteiger partial charge in [0.2, 0.25) is 11.3 Å². The van der Waals surface area contributed by atoms with E-state index >= 15 is 8.78 Å². The predicted octanol–water partition coefficient (Wildman–Crippen LogP) is 6.09. The molecular formula is C37H32F2N6O8S. The lowest BCUT2D eigenvalue weighted by molar-refractivity contribution is 0.102. The SMILES string of the molecule is COc1cc2ncnc(Oc3ccc(NC(=O)c4c5n(c6cc(N7CCN(Cc8oc(=O)oc8C)CC7)c(F)cc6c4=O)C(C)S5)cc3F)c2cc1OC. The Bertz CT molecular complexity index is 2600. The third kappa shape index (κ3) is 6.18. The van der Waals surface area contributed by atoms with Crippen molar-refractivity contribution in [2.24, 2.45) is 0 Å². The summed E-state index contributed by atoms with van der Waals surface area (Å²) in [4.78, 5) is 51.3. The fourth-order valence-electron chi connectivity index (χ4n) is 6.75. The molecule has 8 rings (SSSR count). The molecule has 1 amide bonds. The van der Waals surface area contributed by atoms with Crippen molar-refractivity contribution in [3.63, 3.8) is 0 Å². The third-order valence-electron chi connectivity index (χ3n) is 9.52. The van der Waals surface area contributed by atoms with Gasteiger partial charge in [0.05, 0.1) is 53.3 Å². The molecular weight excluding hydrogens is 727 g/mol. The average molecular weight is 759 g/mol. The first-order valence-corrected chi connectivity index (χ1v) is 17.7. The molecule has 0 saturated carbocycles. The molecule has 1 N–H and O–H groups in total. The summed E-state index contributed by atoms with van der Waals surface area (Å²) in [7, 11) is 2.98. The Morgan fingerprint density at radius 2 is 1.70 bits per heavy atom. The van der Waals surface area contributed by atoms with Crippen molar-refractivity contribution >= 4 is 50.8 Å². The molecule has 0 spiro atoms. The Morgan fingerprint density at radius 1 is 0.944 bits per heavy atom. The number of aromatic nitrogens is 3. The number of carbonyl (C=O) groups is 1. The van der Waals surface area contributed by atoms with Gasteiger partial charge in [-0.25, -0.2) is 23.5 Å². The van der Waals surface area contributed by atoms with Crippen molar-refractivity contribution in [2.75, 3.05) is 50.6 Å². The van der Waals surface area contributed by atoms with E-state index in [1.54, 1.807) is 25.1 Å². The average Bonchev–Trinajstić information content (AvgIpc) is 3.47. The van der Waals surface area contributed by atoms with Crippen LogP contribution in [0, 0.1) is 18.6 Å². The number of thioether (sulfide) groups is 1. The van der Waals surface area contributed by atoms with Crippen molar-refractivity contribution < 1.29 is 36.6 Å². The van der Waals surface area contributed by atoms with Crippen molar-refractivity contribution in [1.82, 2.24) is 19.4 Å². The lowest BCUT2D eigenvalue weighted by Gasteiger charge is -2.37. The summed E-state index contributed by atoms with van der Waals surface area (Å²) in [5.41, 5.74) is 0.610. The number of pyridine rings is 1. The van der Waals surface area contributed by atoms with Crippen LogP contribution in [0.15, 0.2) is 72.2 Å². The number of hydrogen-bond acceptors (Lipinski definition) is 13. The predicted molar refractivity (Wildman–Crippen MR) is 195 cm³/mol. The van der Waals surface area contributed by atoms with E-state index in [9.17, 15) is 14.4 Å². The van der Waals surface area contributed by atoms with Gasteiger partial charge in [-0.2, -0.15) is 0 Å². The normalized spacial score (nSPS) is 15.6. The Labute approximate surface area is 309 Å². The Balaban J connectivity index is 1.02. The highest BCUT2D eigenvalue weighted by atomic mass is 32.2. The Morgan fingerprint density at radius 3 is 2.39 bits per heavy atom. The fourth-order valence-corrected chi connectivity index (χ4v) is 7.91. The summed E-state index contributed by atoms with van der Waals surface area (Å²) in [6.45, 7) is 6.11. The molecule has 0 aliphatic carbocycles. The van der Waals surface area contributed by atoms with E-state index in [4.69, 9.17) is 23.0 Å². The fraction of sp³-hybridized carbons (Fsp3) is 0.270. The van der Waals surface area contributed by atoms with Crippen molar-refractivity contribution in [1.29, 1.82) is 0 Å². The molecule has 0 bridgehead atoms. The zero-order chi connectivity index (χ0) is 37.8. The molecule has 54 heavy (non-hydrogen) atoms. The molecule has 17 heteroatoms. The minimum Gasteiger partial charge on any atom is -0.493 e. The van der Waals surface area contributed by atoms with Crippen LogP contribution in [0.2, 0.25) is 0 Å². The summed E-state index contributed by atoms with van der Waals surface area (Å²) in [5, 5.41) is 3.43. The minimum atomic E-state index is -0.801. The molecule has 3 aromatic heterocycles. The second kappa shape index (κ2) is 13.8. The topological polar surface area (TPSA) is 154 Å². The lowest BCUT2D eigenvalue weighted by Crippen LogP contribution is -2.46. The van der Waals surface area contributed by atoms with Crippen molar-refractivity contribution in [3.8, 4) is 23.1 Å². The van der Waals surface area contributed by atoms with Gasteiger partial charge < -0.3 is 37.8 Å². The van der Waals surface area contributed by atoms with E-state index in [0.717, 1.165) is 6.07 Å². The molecule has 278 valence electrons. The first kappa shape index (κ1) is 35.1.